The van der Waals surface area contributed by atoms with E-state index in [2.05, 4.69) is 46.8 Å². The number of amides is 2. The van der Waals surface area contributed by atoms with E-state index in [1.165, 1.54) is 12.0 Å². The average Bonchev–Trinajstić information content (AvgIpc) is 3.51. The van der Waals surface area contributed by atoms with Crippen molar-refractivity contribution in [2.75, 3.05) is 11.4 Å². The van der Waals surface area contributed by atoms with Crippen LogP contribution < -0.4 is 15.5 Å². The van der Waals surface area contributed by atoms with Crippen molar-refractivity contribution in [1.29, 1.82) is 0 Å². The van der Waals surface area contributed by atoms with Gasteiger partial charge in [-0.2, -0.15) is 0 Å². The molecule has 2 heterocycles. The van der Waals surface area contributed by atoms with Crippen molar-refractivity contribution in [2.45, 2.75) is 89.3 Å². The Kier molecular flexibility index (Phi) is 7.12. The summed E-state index contributed by atoms with van der Waals surface area (Å²) in [5, 5.41) is 17.2. The minimum absolute atomic E-state index is 0.00967. The van der Waals surface area contributed by atoms with Crippen LogP contribution in [-0.4, -0.2) is 45.9 Å². The first-order valence-corrected chi connectivity index (χ1v) is 12.2. The number of rotatable bonds is 6. The van der Waals surface area contributed by atoms with Crippen LogP contribution in [0.2, 0.25) is 0 Å². The maximum Gasteiger partial charge on any atom is 0.249 e. The SMILES string of the molecule is CC(C)(C)c1ccc(N(C(=O)C2CCCN2)C(C(=O)NC2CCCCC2)c2c[nH]nn2)cc1. The molecule has 1 aromatic heterocycles. The number of H-pyrrole nitrogens is 1. The molecule has 2 unspecified atom stereocenters. The van der Waals surface area contributed by atoms with Gasteiger partial charge in [0.2, 0.25) is 11.8 Å². The second-order valence-electron chi connectivity index (χ2n) is 10.3. The number of anilines is 1. The quantitative estimate of drug-likeness (QED) is 0.624. The van der Waals surface area contributed by atoms with Crippen LogP contribution >= 0.6 is 0 Å². The Morgan fingerprint density at radius 2 is 1.79 bits per heavy atom. The first-order valence-electron chi connectivity index (χ1n) is 12.2. The Morgan fingerprint density at radius 1 is 1.06 bits per heavy atom. The van der Waals surface area contributed by atoms with E-state index in [4.69, 9.17) is 0 Å². The number of carbonyl (C=O) groups is 2. The van der Waals surface area contributed by atoms with Gasteiger partial charge in [0.05, 0.1) is 6.04 Å². The van der Waals surface area contributed by atoms with Gasteiger partial charge < -0.3 is 10.6 Å². The van der Waals surface area contributed by atoms with Crippen LogP contribution in [0.1, 0.15) is 83.0 Å². The Labute approximate surface area is 195 Å². The van der Waals surface area contributed by atoms with Crippen LogP contribution in [0.15, 0.2) is 30.5 Å². The third kappa shape index (κ3) is 5.43. The molecule has 2 aromatic rings. The van der Waals surface area contributed by atoms with Crippen LogP contribution in [0, 0.1) is 0 Å². The van der Waals surface area contributed by atoms with Gasteiger partial charge in [0.25, 0.3) is 0 Å². The van der Waals surface area contributed by atoms with Crippen molar-refractivity contribution < 1.29 is 9.59 Å². The minimum Gasteiger partial charge on any atom is -0.351 e. The van der Waals surface area contributed by atoms with Crippen LogP contribution in [-0.2, 0) is 15.0 Å². The minimum atomic E-state index is -0.888. The number of nitrogens with one attached hydrogen (secondary N) is 3. The van der Waals surface area contributed by atoms with Crippen molar-refractivity contribution in [3.63, 3.8) is 0 Å². The highest BCUT2D eigenvalue weighted by Crippen LogP contribution is 2.32. The molecule has 0 spiro atoms. The summed E-state index contributed by atoms with van der Waals surface area (Å²) in [7, 11) is 0. The van der Waals surface area contributed by atoms with Gasteiger partial charge in [0.1, 0.15) is 5.69 Å². The smallest absolute Gasteiger partial charge is 0.249 e. The maximum absolute atomic E-state index is 13.8. The Balaban J connectivity index is 1.71. The molecule has 8 heteroatoms. The molecule has 1 saturated carbocycles. The lowest BCUT2D eigenvalue weighted by Gasteiger charge is -2.34. The lowest BCUT2D eigenvalue weighted by molar-refractivity contribution is -0.128. The molecule has 1 aliphatic heterocycles. The molecule has 3 N–H and O–H groups in total. The highest BCUT2D eigenvalue weighted by molar-refractivity contribution is 6.03. The molecule has 2 fully saturated rings. The van der Waals surface area contributed by atoms with E-state index in [1.807, 2.05) is 24.3 Å². The van der Waals surface area contributed by atoms with Crippen LogP contribution in [0.5, 0.6) is 0 Å². The molecule has 8 nitrogen and oxygen atoms in total. The van der Waals surface area contributed by atoms with Crippen LogP contribution in [0.3, 0.4) is 0 Å². The summed E-state index contributed by atoms with van der Waals surface area (Å²) in [6, 6.07) is 6.88. The number of hydrogen-bond donors (Lipinski definition) is 3. The molecular weight excluding hydrogens is 416 g/mol. The van der Waals surface area contributed by atoms with Crippen molar-refractivity contribution in [2.24, 2.45) is 0 Å². The number of aromatic amines is 1. The van der Waals surface area contributed by atoms with E-state index in [9.17, 15) is 9.59 Å². The highest BCUT2D eigenvalue weighted by Gasteiger charge is 2.39. The van der Waals surface area contributed by atoms with Crippen molar-refractivity contribution >= 4 is 17.5 Å². The molecule has 2 amide bonds. The lowest BCUT2D eigenvalue weighted by atomic mass is 9.87. The van der Waals surface area contributed by atoms with E-state index < -0.39 is 6.04 Å². The van der Waals surface area contributed by atoms with Gasteiger partial charge in [0, 0.05) is 17.9 Å². The topological polar surface area (TPSA) is 103 Å². The largest absolute Gasteiger partial charge is 0.351 e. The Hall–Kier alpha value is -2.74. The molecular formula is C25H36N6O2. The van der Waals surface area contributed by atoms with Gasteiger partial charge >= 0.3 is 0 Å². The first-order chi connectivity index (χ1) is 15.8. The molecule has 2 atom stereocenters. The maximum atomic E-state index is 13.8. The summed E-state index contributed by atoms with van der Waals surface area (Å²) in [4.78, 5) is 29.1. The fourth-order valence-corrected chi connectivity index (χ4v) is 4.84. The molecule has 0 radical (unpaired) electrons. The van der Waals surface area contributed by atoms with Gasteiger partial charge in [-0.15, -0.1) is 5.10 Å². The van der Waals surface area contributed by atoms with Crippen LogP contribution in [0.4, 0.5) is 5.69 Å². The zero-order valence-corrected chi connectivity index (χ0v) is 19.9. The molecule has 0 bridgehead atoms. The monoisotopic (exact) mass is 452 g/mol. The summed E-state index contributed by atoms with van der Waals surface area (Å²) in [5.74, 6) is -0.315. The predicted molar refractivity (Wildman–Crippen MR) is 128 cm³/mol. The molecule has 1 aromatic carbocycles. The van der Waals surface area contributed by atoms with E-state index in [1.54, 1.807) is 11.1 Å². The van der Waals surface area contributed by atoms with E-state index in [0.29, 0.717) is 11.4 Å². The van der Waals surface area contributed by atoms with E-state index in [0.717, 1.165) is 45.1 Å². The summed E-state index contributed by atoms with van der Waals surface area (Å²) in [6.07, 6.45) is 8.67. The van der Waals surface area contributed by atoms with Crippen molar-refractivity contribution in [3.8, 4) is 0 Å². The van der Waals surface area contributed by atoms with Gasteiger partial charge in [-0.05, 0) is 55.3 Å². The molecule has 2 aliphatic rings. The van der Waals surface area contributed by atoms with E-state index >= 15 is 0 Å². The predicted octanol–water partition coefficient (Wildman–Crippen LogP) is 3.38. The second kappa shape index (κ2) is 10.0. The van der Waals surface area contributed by atoms with Crippen LogP contribution in [0.25, 0.3) is 0 Å². The number of nitrogens with zero attached hydrogens (tertiary/aromatic N) is 3. The summed E-state index contributed by atoms with van der Waals surface area (Å²) in [5.41, 5.74) is 2.29. The third-order valence-corrected chi connectivity index (χ3v) is 6.78. The molecule has 178 valence electrons. The zero-order valence-electron chi connectivity index (χ0n) is 19.9. The number of aromatic nitrogens is 3. The van der Waals surface area contributed by atoms with Crippen molar-refractivity contribution in [3.05, 3.63) is 41.7 Å². The average molecular weight is 453 g/mol. The molecule has 1 aliphatic carbocycles. The fraction of sp³-hybridized carbons (Fsp3) is 0.600. The fourth-order valence-electron chi connectivity index (χ4n) is 4.84. The standard InChI is InChI=1S/C25H36N6O2/c1-25(2,3)17-11-13-19(14-12-17)31(24(33)20-10-7-15-26-20)22(21-16-27-30-29-21)23(32)28-18-8-5-4-6-9-18/h11-14,16,18,20,22,26H,4-10,15H2,1-3H3,(H,28,32)(H,27,29,30). The lowest BCUT2D eigenvalue weighted by Crippen LogP contribution is -2.51. The van der Waals surface area contributed by atoms with Gasteiger partial charge in [-0.25, -0.2) is 0 Å². The zero-order chi connectivity index (χ0) is 23.4. The summed E-state index contributed by atoms with van der Waals surface area (Å²) < 4.78 is 0. The normalized spacial score (nSPS) is 20.4. The summed E-state index contributed by atoms with van der Waals surface area (Å²) >= 11 is 0. The number of carbonyl (C=O) groups excluding carboxylic acids is 2. The van der Waals surface area contributed by atoms with Gasteiger partial charge in [0.15, 0.2) is 6.04 Å². The Morgan fingerprint density at radius 3 is 2.36 bits per heavy atom. The van der Waals surface area contributed by atoms with Crippen molar-refractivity contribution in [1.82, 2.24) is 26.0 Å². The number of hydrogen-bond acceptors (Lipinski definition) is 5. The molecule has 1 saturated heterocycles. The number of benzene rings is 1. The molecule has 4 rings (SSSR count). The second-order valence-corrected chi connectivity index (χ2v) is 10.3. The Bertz CT molecular complexity index is 923. The third-order valence-electron chi connectivity index (χ3n) is 6.78. The first kappa shape index (κ1) is 23.4. The summed E-state index contributed by atoms with van der Waals surface area (Å²) in [6.45, 7) is 7.27. The van der Waals surface area contributed by atoms with Gasteiger partial charge in [-0.1, -0.05) is 57.4 Å². The van der Waals surface area contributed by atoms with E-state index in [-0.39, 0.29) is 29.3 Å². The molecule has 33 heavy (non-hydrogen) atoms. The highest BCUT2D eigenvalue weighted by atomic mass is 16.2. The van der Waals surface area contributed by atoms with Gasteiger partial charge in [-0.3, -0.25) is 19.6 Å².